The van der Waals surface area contributed by atoms with Gasteiger partial charge in [-0.3, -0.25) is 4.79 Å². The molecule has 0 unspecified atom stereocenters. The summed E-state index contributed by atoms with van der Waals surface area (Å²) in [4.78, 5) is 23.6. The lowest BCUT2D eigenvalue weighted by Gasteiger charge is -2.11. The molecule has 2 aromatic carbocycles. The number of carbonyl (C=O) groups is 2. The number of benzene rings is 2. The van der Waals surface area contributed by atoms with Crippen LogP contribution in [0.1, 0.15) is 19.4 Å². The van der Waals surface area contributed by atoms with Gasteiger partial charge in [0.25, 0.3) is 5.91 Å². The SMILES string of the molecule is COc1ccccc1OCC(=O)NCc1ccc(NC(=O)NC(C)C)cc1. The van der Waals surface area contributed by atoms with Crippen LogP contribution in [0.25, 0.3) is 0 Å². The van der Waals surface area contributed by atoms with E-state index in [1.165, 1.54) is 0 Å². The van der Waals surface area contributed by atoms with Gasteiger partial charge in [0.15, 0.2) is 18.1 Å². The Labute approximate surface area is 159 Å². The Morgan fingerprint density at radius 3 is 2.30 bits per heavy atom. The minimum atomic E-state index is -0.250. The smallest absolute Gasteiger partial charge is 0.319 e. The van der Waals surface area contributed by atoms with Gasteiger partial charge >= 0.3 is 6.03 Å². The Morgan fingerprint density at radius 2 is 1.67 bits per heavy atom. The van der Waals surface area contributed by atoms with Gasteiger partial charge in [0.05, 0.1) is 7.11 Å². The van der Waals surface area contributed by atoms with Gasteiger partial charge in [-0.2, -0.15) is 0 Å². The molecule has 0 spiro atoms. The molecular formula is C20H25N3O4. The maximum atomic E-state index is 12.0. The molecule has 0 aliphatic rings. The van der Waals surface area contributed by atoms with Crippen LogP contribution in [0.2, 0.25) is 0 Å². The number of anilines is 1. The molecule has 7 nitrogen and oxygen atoms in total. The molecule has 27 heavy (non-hydrogen) atoms. The molecule has 0 heterocycles. The first kappa shape index (κ1) is 20.1. The molecular weight excluding hydrogens is 346 g/mol. The zero-order chi connectivity index (χ0) is 19.6. The second-order valence-electron chi connectivity index (χ2n) is 6.17. The number of rotatable bonds is 8. The van der Waals surface area contributed by atoms with E-state index in [4.69, 9.17) is 9.47 Å². The van der Waals surface area contributed by atoms with E-state index in [9.17, 15) is 9.59 Å². The van der Waals surface area contributed by atoms with E-state index in [2.05, 4.69) is 16.0 Å². The molecule has 0 aliphatic carbocycles. The third kappa shape index (κ3) is 6.89. The summed E-state index contributed by atoms with van der Waals surface area (Å²) >= 11 is 0. The van der Waals surface area contributed by atoms with Crippen molar-refractivity contribution in [3.63, 3.8) is 0 Å². The van der Waals surface area contributed by atoms with Gasteiger partial charge in [-0.15, -0.1) is 0 Å². The standard InChI is InChI=1S/C20H25N3O4/c1-14(2)22-20(25)23-16-10-8-15(9-11-16)12-21-19(24)13-27-18-7-5-4-6-17(18)26-3/h4-11,14H,12-13H2,1-3H3,(H,21,24)(H2,22,23,25). The van der Waals surface area contributed by atoms with Gasteiger partial charge < -0.3 is 25.4 Å². The summed E-state index contributed by atoms with van der Waals surface area (Å²) in [6.45, 7) is 4.05. The molecule has 0 saturated heterocycles. The first-order valence-corrected chi connectivity index (χ1v) is 8.67. The molecule has 0 atom stereocenters. The summed E-state index contributed by atoms with van der Waals surface area (Å²) in [5, 5.41) is 8.29. The summed E-state index contributed by atoms with van der Waals surface area (Å²) < 4.78 is 10.7. The molecule has 7 heteroatoms. The first-order chi connectivity index (χ1) is 13.0. The molecule has 0 bridgehead atoms. The van der Waals surface area contributed by atoms with Crippen LogP contribution in [0.15, 0.2) is 48.5 Å². The van der Waals surface area contributed by atoms with Crippen molar-refractivity contribution in [2.75, 3.05) is 19.0 Å². The van der Waals surface area contributed by atoms with Crippen LogP contribution in [0.5, 0.6) is 11.5 Å². The van der Waals surface area contributed by atoms with Crippen LogP contribution in [0.4, 0.5) is 10.5 Å². The van der Waals surface area contributed by atoms with Gasteiger partial charge in [-0.05, 0) is 43.7 Å². The number of carbonyl (C=O) groups excluding carboxylic acids is 2. The topological polar surface area (TPSA) is 88.7 Å². The van der Waals surface area contributed by atoms with Crippen molar-refractivity contribution in [1.29, 1.82) is 0 Å². The lowest BCUT2D eigenvalue weighted by atomic mass is 10.2. The summed E-state index contributed by atoms with van der Waals surface area (Å²) in [5.74, 6) is 0.861. The Morgan fingerprint density at radius 1 is 1.00 bits per heavy atom. The summed E-state index contributed by atoms with van der Waals surface area (Å²) in [7, 11) is 1.55. The predicted molar refractivity (Wildman–Crippen MR) is 104 cm³/mol. The molecule has 3 amide bonds. The maximum absolute atomic E-state index is 12.0. The van der Waals surface area contributed by atoms with Crippen LogP contribution in [0, 0.1) is 0 Å². The molecule has 0 saturated carbocycles. The van der Waals surface area contributed by atoms with Crippen molar-refractivity contribution in [3.8, 4) is 11.5 Å². The van der Waals surface area contributed by atoms with Crippen LogP contribution in [-0.2, 0) is 11.3 Å². The number of ether oxygens (including phenoxy) is 2. The second kappa shape index (κ2) is 10.1. The Kier molecular flexibility index (Phi) is 7.49. The van der Waals surface area contributed by atoms with Crippen molar-refractivity contribution in [3.05, 3.63) is 54.1 Å². The van der Waals surface area contributed by atoms with Crippen LogP contribution >= 0.6 is 0 Å². The van der Waals surface area contributed by atoms with Crippen molar-refractivity contribution < 1.29 is 19.1 Å². The van der Waals surface area contributed by atoms with E-state index in [1.54, 1.807) is 31.4 Å². The lowest BCUT2D eigenvalue weighted by Crippen LogP contribution is -2.34. The number of hydrogen-bond donors (Lipinski definition) is 3. The molecule has 2 aromatic rings. The van der Waals surface area contributed by atoms with Crippen LogP contribution in [0.3, 0.4) is 0 Å². The van der Waals surface area contributed by atoms with Gasteiger partial charge in [-0.25, -0.2) is 4.79 Å². The Bertz CT molecular complexity index is 760. The summed E-state index contributed by atoms with van der Waals surface area (Å²) in [6.07, 6.45) is 0. The minimum Gasteiger partial charge on any atom is -0.493 e. The monoisotopic (exact) mass is 371 g/mol. The van der Waals surface area contributed by atoms with E-state index in [-0.39, 0.29) is 24.6 Å². The average Bonchev–Trinajstić information content (AvgIpc) is 2.65. The first-order valence-electron chi connectivity index (χ1n) is 8.67. The highest BCUT2D eigenvalue weighted by atomic mass is 16.5. The number of methoxy groups -OCH3 is 1. The maximum Gasteiger partial charge on any atom is 0.319 e. The minimum absolute atomic E-state index is 0.0672. The Balaban J connectivity index is 1.77. The molecule has 0 aliphatic heterocycles. The number of urea groups is 1. The fourth-order valence-electron chi connectivity index (χ4n) is 2.27. The van der Waals surface area contributed by atoms with Crippen LogP contribution < -0.4 is 25.4 Å². The quantitative estimate of drug-likeness (QED) is 0.666. The van der Waals surface area contributed by atoms with E-state index in [0.29, 0.717) is 23.7 Å². The molecule has 2 rings (SSSR count). The molecule has 0 aromatic heterocycles. The van der Waals surface area contributed by atoms with Gasteiger partial charge in [0.1, 0.15) is 0 Å². The largest absolute Gasteiger partial charge is 0.493 e. The van der Waals surface area contributed by atoms with E-state index in [1.807, 2.05) is 38.1 Å². The second-order valence-corrected chi connectivity index (χ2v) is 6.17. The summed E-state index contributed by atoms with van der Waals surface area (Å²) in [5.41, 5.74) is 1.60. The van der Waals surface area contributed by atoms with E-state index in [0.717, 1.165) is 5.56 Å². The van der Waals surface area contributed by atoms with E-state index >= 15 is 0 Å². The van der Waals surface area contributed by atoms with Crippen molar-refractivity contribution >= 4 is 17.6 Å². The number of para-hydroxylation sites is 2. The average molecular weight is 371 g/mol. The van der Waals surface area contributed by atoms with Gasteiger partial charge in [0, 0.05) is 18.3 Å². The number of nitrogens with one attached hydrogen (secondary N) is 3. The molecule has 0 radical (unpaired) electrons. The number of hydrogen-bond acceptors (Lipinski definition) is 4. The van der Waals surface area contributed by atoms with Crippen LogP contribution in [-0.4, -0.2) is 31.7 Å². The normalized spacial score (nSPS) is 10.2. The van der Waals surface area contributed by atoms with Crippen molar-refractivity contribution in [1.82, 2.24) is 10.6 Å². The summed E-state index contributed by atoms with van der Waals surface area (Å²) in [6, 6.07) is 14.2. The number of amides is 3. The third-order valence-corrected chi connectivity index (χ3v) is 3.55. The Hall–Kier alpha value is -3.22. The predicted octanol–water partition coefficient (Wildman–Crippen LogP) is 2.92. The zero-order valence-corrected chi connectivity index (χ0v) is 15.7. The zero-order valence-electron chi connectivity index (χ0n) is 15.7. The lowest BCUT2D eigenvalue weighted by molar-refractivity contribution is -0.123. The van der Waals surface area contributed by atoms with Gasteiger partial charge in [-0.1, -0.05) is 24.3 Å². The fourth-order valence-corrected chi connectivity index (χ4v) is 2.27. The van der Waals surface area contributed by atoms with E-state index < -0.39 is 0 Å². The van der Waals surface area contributed by atoms with Gasteiger partial charge in [0.2, 0.25) is 0 Å². The molecule has 0 fully saturated rings. The van der Waals surface area contributed by atoms with Crippen molar-refractivity contribution in [2.24, 2.45) is 0 Å². The fraction of sp³-hybridized carbons (Fsp3) is 0.300. The third-order valence-electron chi connectivity index (χ3n) is 3.55. The highest BCUT2D eigenvalue weighted by Crippen LogP contribution is 2.25. The molecule has 144 valence electrons. The van der Waals surface area contributed by atoms with Crippen molar-refractivity contribution in [2.45, 2.75) is 26.4 Å². The highest BCUT2D eigenvalue weighted by molar-refractivity contribution is 5.89. The highest BCUT2D eigenvalue weighted by Gasteiger charge is 2.07. The molecule has 3 N–H and O–H groups in total.